The molecule has 1 unspecified atom stereocenters. The number of ether oxygens (including phenoxy) is 2. The summed E-state index contributed by atoms with van der Waals surface area (Å²) in [5, 5.41) is 6.75. The highest BCUT2D eigenvalue weighted by atomic mass is 16.5. The molecule has 1 aromatic heterocycles. The number of fused-ring (bicyclic) bond motifs is 4. The number of carbonyl (C=O) groups excluding carboxylic acids is 3. The van der Waals surface area contributed by atoms with Gasteiger partial charge in [-0.1, -0.05) is 18.2 Å². The van der Waals surface area contributed by atoms with E-state index in [1.807, 2.05) is 37.5 Å². The van der Waals surface area contributed by atoms with Crippen LogP contribution in [0.15, 0.2) is 48.7 Å². The molecule has 5 heterocycles. The molecule has 3 amide bonds. The van der Waals surface area contributed by atoms with Crippen LogP contribution in [0.4, 0.5) is 0 Å². The first-order valence-electron chi connectivity index (χ1n) is 14.2. The number of likely N-dealkylation sites (tertiary alicyclic amines) is 1. The largest absolute Gasteiger partial charge is 0.492 e. The van der Waals surface area contributed by atoms with Gasteiger partial charge in [-0.25, -0.2) is 0 Å². The molecule has 0 saturated carbocycles. The molecule has 10 heteroatoms. The van der Waals surface area contributed by atoms with Crippen molar-refractivity contribution in [1.82, 2.24) is 24.9 Å². The van der Waals surface area contributed by atoms with Crippen LogP contribution < -0.4 is 14.8 Å². The maximum Gasteiger partial charge on any atom is 0.255 e. The molecular formula is C31H33N5O5. The molecule has 7 rings (SSSR count). The Morgan fingerprint density at radius 3 is 2.76 bits per heavy atom. The first-order valence-corrected chi connectivity index (χ1v) is 14.2. The number of benzene rings is 2. The summed E-state index contributed by atoms with van der Waals surface area (Å²) in [5.41, 5.74) is 4.70. The third-order valence-corrected chi connectivity index (χ3v) is 9.00. The molecule has 1 spiro atoms. The Bertz CT molecular complexity index is 1540. The number of aryl methyl sites for hydroxylation is 1. The summed E-state index contributed by atoms with van der Waals surface area (Å²) in [6, 6.07) is 13.6. The molecule has 1 atom stereocenters. The molecule has 0 radical (unpaired) electrons. The van der Waals surface area contributed by atoms with Gasteiger partial charge in [0.05, 0.1) is 18.8 Å². The van der Waals surface area contributed by atoms with Crippen molar-refractivity contribution in [3.63, 3.8) is 0 Å². The van der Waals surface area contributed by atoms with Gasteiger partial charge in [-0.05, 0) is 62.2 Å². The lowest BCUT2D eigenvalue weighted by atomic mass is 9.74. The molecule has 10 nitrogen and oxygen atoms in total. The molecule has 41 heavy (non-hydrogen) atoms. The van der Waals surface area contributed by atoms with Crippen LogP contribution in [-0.4, -0.2) is 63.0 Å². The number of piperidine rings is 2. The summed E-state index contributed by atoms with van der Waals surface area (Å²) in [4.78, 5) is 41.4. The fourth-order valence-corrected chi connectivity index (χ4v) is 6.73. The Labute approximate surface area is 238 Å². The zero-order valence-electron chi connectivity index (χ0n) is 23.1. The van der Waals surface area contributed by atoms with Crippen molar-refractivity contribution in [3.05, 3.63) is 76.6 Å². The Morgan fingerprint density at radius 2 is 1.98 bits per heavy atom. The zero-order chi connectivity index (χ0) is 28.1. The average Bonchev–Trinajstić information content (AvgIpc) is 3.65. The summed E-state index contributed by atoms with van der Waals surface area (Å²) in [5.74, 6) is 0.818. The van der Waals surface area contributed by atoms with E-state index < -0.39 is 11.9 Å². The normalized spacial score (nSPS) is 21.5. The average molecular weight is 556 g/mol. The van der Waals surface area contributed by atoms with Crippen LogP contribution in [0.2, 0.25) is 0 Å². The molecule has 4 aliphatic rings. The van der Waals surface area contributed by atoms with Gasteiger partial charge in [-0.3, -0.25) is 29.3 Å². The number of hydrogen-bond acceptors (Lipinski definition) is 7. The monoisotopic (exact) mass is 555 g/mol. The number of nitrogens with zero attached hydrogens (tertiary/aromatic N) is 4. The van der Waals surface area contributed by atoms with E-state index in [4.69, 9.17) is 9.47 Å². The molecule has 2 aromatic carbocycles. The third-order valence-electron chi connectivity index (χ3n) is 9.00. The van der Waals surface area contributed by atoms with E-state index in [2.05, 4.69) is 33.5 Å². The number of carbonyl (C=O) groups is 3. The Balaban J connectivity index is 1.00. The standard InChI is InChI=1S/C31H33N5O5/c1-34-12-9-21(33-34)18-40-22-4-2-3-20(15-22)16-35-13-10-31(11-14-35)19-41-28-24-17-36(26-7-8-27(37)32-29(26)38)30(39)23(24)5-6-25(28)31/h2-6,9,12,15,26H,7-8,10-11,13-14,16-19H2,1H3,(H,32,37,38). The van der Waals surface area contributed by atoms with Crippen LogP contribution in [0.5, 0.6) is 11.5 Å². The van der Waals surface area contributed by atoms with Crippen LogP contribution in [0.25, 0.3) is 0 Å². The second kappa shape index (κ2) is 10.0. The topological polar surface area (TPSA) is 106 Å². The summed E-state index contributed by atoms with van der Waals surface area (Å²) < 4.78 is 14.1. The first kappa shape index (κ1) is 25.8. The van der Waals surface area contributed by atoms with Crippen molar-refractivity contribution in [1.29, 1.82) is 0 Å². The Morgan fingerprint density at radius 1 is 1.12 bits per heavy atom. The van der Waals surface area contributed by atoms with Gasteiger partial charge in [0.25, 0.3) is 5.91 Å². The Hall–Kier alpha value is -4.18. The lowest BCUT2D eigenvalue weighted by molar-refractivity contribution is -0.136. The predicted molar refractivity (Wildman–Crippen MR) is 148 cm³/mol. The first-order chi connectivity index (χ1) is 19.9. The van der Waals surface area contributed by atoms with Crippen LogP contribution >= 0.6 is 0 Å². The van der Waals surface area contributed by atoms with Crippen molar-refractivity contribution in [2.45, 2.75) is 56.8 Å². The van der Waals surface area contributed by atoms with Crippen LogP contribution in [0, 0.1) is 0 Å². The molecule has 0 aliphatic carbocycles. The van der Waals surface area contributed by atoms with E-state index in [-0.39, 0.29) is 23.7 Å². The highest BCUT2D eigenvalue weighted by molar-refractivity contribution is 6.05. The minimum atomic E-state index is -0.624. The van der Waals surface area contributed by atoms with E-state index in [1.54, 1.807) is 9.58 Å². The van der Waals surface area contributed by atoms with Gasteiger partial charge >= 0.3 is 0 Å². The van der Waals surface area contributed by atoms with Gasteiger partial charge in [-0.2, -0.15) is 5.10 Å². The minimum absolute atomic E-state index is 0.0698. The molecule has 1 N–H and O–H groups in total. The fourth-order valence-electron chi connectivity index (χ4n) is 6.73. The SMILES string of the molecule is Cn1ccc(COc2cccc(CN3CCC4(CC3)COc3c4ccc4c3CN(C3CCC(=O)NC3=O)C4=O)c2)n1. The van der Waals surface area contributed by atoms with Gasteiger partial charge in [0.2, 0.25) is 11.8 Å². The number of rotatable bonds is 6. The number of aromatic nitrogens is 2. The van der Waals surface area contributed by atoms with Gasteiger partial charge < -0.3 is 14.4 Å². The molecule has 2 saturated heterocycles. The zero-order valence-corrected chi connectivity index (χ0v) is 23.1. The second-order valence-corrected chi connectivity index (χ2v) is 11.6. The molecule has 2 fully saturated rings. The van der Waals surface area contributed by atoms with E-state index in [0.717, 1.165) is 55.2 Å². The van der Waals surface area contributed by atoms with Gasteiger partial charge in [0.1, 0.15) is 24.1 Å². The number of hydrogen-bond donors (Lipinski definition) is 1. The fraction of sp³-hybridized carbons (Fsp3) is 0.419. The number of nitrogens with one attached hydrogen (secondary N) is 1. The van der Waals surface area contributed by atoms with E-state index >= 15 is 0 Å². The third kappa shape index (κ3) is 4.65. The maximum absolute atomic E-state index is 13.2. The molecule has 212 valence electrons. The molecule has 0 bridgehead atoms. The number of amides is 3. The molecular weight excluding hydrogens is 522 g/mol. The van der Waals surface area contributed by atoms with Gasteiger partial charge in [-0.15, -0.1) is 0 Å². The predicted octanol–water partition coefficient (Wildman–Crippen LogP) is 2.69. The second-order valence-electron chi connectivity index (χ2n) is 11.6. The number of imide groups is 1. The quantitative estimate of drug-likeness (QED) is 0.466. The highest BCUT2D eigenvalue weighted by Gasteiger charge is 2.47. The lowest BCUT2D eigenvalue weighted by Crippen LogP contribution is -2.52. The van der Waals surface area contributed by atoms with Crippen LogP contribution in [0.1, 0.15) is 58.4 Å². The van der Waals surface area contributed by atoms with E-state index in [0.29, 0.717) is 31.7 Å². The maximum atomic E-state index is 13.2. The summed E-state index contributed by atoms with van der Waals surface area (Å²) >= 11 is 0. The summed E-state index contributed by atoms with van der Waals surface area (Å²) in [7, 11) is 1.90. The Kier molecular flexibility index (Phi) is 6.30. The van der Waals surface area contributed by atoms with Crippen LogP contribution in [-0.2, 0) is 41.7 Å². The van der Waals surface area contributed by atoms with Crippen molar-refractivity contribution >= 4 is 17.7 Å². The van der Waals surface area contributed by atoms with Crippen molar-refractivity contribution < 1.29 is 23.9 Å². The van der Waals surface area contributed by atoms with E-state index in [9.17, 15) is 14.4 Å². The summed E-state index contributed by atoms with van der Waals surface area (Å²) in [6.45, 7) is 4.13. The summed E-state index contributed by atoms with van der Waals surface area (Å²) in [6.07, 6.45) is 4.45. The smallest absolute Gasteiger partial charge is 0.255 e. The lowest BCUT2D eigenvalue weighted by Gasteiger charge is -2.38. The van der Waals surface area contributed by atoms with Gasteiger partial charge in [0, 0.05) is 48.3 Å². The molecule has 3 aromatic rings. The van der Waals surface area contributed by atoms with Gasteiger partial charge in [0.15, 0.2) is 0 Å². The van der Waals surface area contributed by atoms with Crippen LogP contribution in [0.3, 0.4) is 0 Å². The van der Waals surface area contributed by atoms with Crippen molar-refractivity contribution in [2.24, 2.45) is 7.05 Å². The van der Waals surface area contributed by atoms with Crippen molar-refractivity contribution in [3.8, 4) is 11.5 Å². The van der Waals surface area contributed by atoms with Crippen molar-refractivity contribution in [2.75, 3.05) is 19.7 Å². The highest BCUT2D eigenvalue weighted by Crippen LogP contribution is 2.49. The molecule has 4 aliphatic heterocycles. The van der Waals surface area contributed by atoms with E-state index in [1.165, 1.54) is 11.1 Å². The minimum Gasteiger partial charge on any atom is -0.492 e.